The number of benzene rings is 1. The summed E-state index contributed by atoms with van der Waals surface area (Å²) >= 11 is 5.27. The smallest absolute Gasteiger partial charge is 0.417 e. The van der Waals surface area contributed by atoms with E-state index in [9.17, 15) is 22.8 Å². The van der Waals surface area contributed by atoms with Gasteiger partial charge < -0.3 is 10.1 Å². The van der Waals surface area contributed by atoms with Gasteiger partial charge in [0.15, 0.2) is 0 Å². The molecule has 0 aliphatic rings. The Hall–Kier alpha value is -1.76. The molecule has 1 amide bonds. The van der Waals surface area contributed by atoms with Crippen LogP contribution in [0.3, 0.4) is 0 Å². The van der Waals surface area contributed by atoms with Crippen LogP contribution in [-0.2, 0) is 22.3 Å². The molecule has 1 rings (SSSR count). The van der Waals surface area contributed by atoms with Crippen molar-refractivity contribution in [2.75, 3.05) is 13.0 Å². The fourth-order valence-corrected chi connectivity index (χ4v) is 1.57. The monoisotopic (exact) mass is 309 g/mol. The second-order valence-electron chi connectivity index (χ2n) is 3.78. The number of esters is 1. The number of hydrogen-bond acceptors (Lipinski definition) is 3. The maximum atomic E-state index is 12.8. The number of carbonyl (C=O) groups excluding carboxylic acids is 2. The van der Waals surface area contributed by atoms with E-state index in [4.69, 9.17) is 11.6 Å². The van der Waals surface area contributed by atoms with E-state index in [2.05, 4.69) is 10.1 Å². The fraction of sp³-hybridized carbons (Fsp3) is 0.333. The second-order valence-corrected chi connectivity index (χ2v) is 4.05. The molecule has 8 heteroatoms. The van der Waals surface area contributed by atoms with Gasteiger partial charge >= 0.3 is 12.1 Å². The van der Waals surface area contributed by atoms with E-state index in [0.29, 0.717) is 5.56 Å². The predicted molar refractivity (Wildman–Crippen MR) is 65.4 cm³/mol. The second kappa shape index (κ2) is 6.60. The van der Waals surface area contributed by atoms with Crippen molar-refractivity contribution in [2.24, 2.45) is 0 Å². The number of nitrogens with one attached hydrogen (secondary N) is 1. The molecule has 0 heterocycles. The van der Waals surface area contributed by atoms with Gasteiger partial charge in [-0.15, -0.1) is 11.6 Å². The Balaban J connectivity index is 3.08. The Bertz CT molecular complexity index is 517. The molecule has 110 valence electrons. The molecule has 0 fully saturated rings. The summed E-state index contributed by atoms with van der Waals surface area (Å²) in [5.41, 5.74) is -1.36. The highest BCUT2D eigenvalue weighted by atomic mass is 35.5. The van der Waals surface area contributed by atoms with Gasteiger partial charge in [-0.3, -0.25) is 4.79 Å². The maximum absolute atomic E-state index is 12.8. The number of ether oxygens (including phenoxy) is 1. The minimum absolute atomic E-state index is 0.0340. The van der Waals surface area contributed by atoms with Crippen LogP contribution in [0.15, 0.2) is 18.2 Å². The first kappa shape index (κ1) is 16.3. The van der Waals surface area contributed by atoms with Gasteiger partial charge in [0.25, 0.3) is 0 Å². The number of hydrogen-bond donors (Lipinski definition) is 1. The molecule has 4 nitrogen and oxygen atoms in total. The Morgan fingerprint density at radius 3 is 2.50 bits per heavy atom. The van der Waals surface area contributed by atoms with Crippen molar-refractivity contribution in [3.63, 3.8) is 0 Å². The van der Waals surface area contributed by atoms with Crippen LogP contribution in [0.5, 0.6) is 0 Å². The quantitative estimate of drug-likeness (QED) is 0.686. The van der Waals surface area contributed by atoms with Crippen LogP contribution >= 0.6 is 11.6 Å². The van der Waals surface area contributed by atoms with E-state index in [1.54, 1.807) is 0 Å². The van der Waals surface area contributed by atoms with Crippen LogP contribution in [0.4, 0.5) is 13.2 Å². The van der Waals surface area contributed by atoms with Gasteiger partial charge in [0.1, 0.15) is 5.88 Å². The number of methoxy groups -OCH3 is 1. The molecule has 0 aliphatic carbocycles. The topological polar surface area (TPSA) is 55.4 Å². The van der Waals surface area contributed by atoms with Crippen molar-refractivity contribution >= 4 is 23.5 Å². The van der Waals surface area contributed by atoms with Crippen LogP contribution in [0, 0.1) is 0 Å². The largest absolute Gasteiger partial charge is 0.465 e. The molecular weight excluding hydrogens is 299 g/mol. The summed E-state index contributed by atoms with van der Waals surface area (Å²) < 4.78 is 42.6. The first-order valence-corrected chi connectivity index (χ1v) is 5.94. The van der Waals surface area contributed by atoms with Gasteiger partial charge in [0, 0.05) is 6.54 Å². The molecule has 20 heavy (non-hydrogen) atoms. The molecule has 0 bridgehead atoms. The highest BCUT2D eigenvalue weighted by molar-refractivity contribution is 6.27. The van der Waals surface area contributed by atoms with Gasteiger partial charge in [0.2, 0.25) is 5.91 Å². The number of carbonyl (C=O) groups is 2. The first-order chi connectivity index (χ1) is 9.29. The molecule has 1 aromatic carbocycles. The molecule has 0 aliphatic heterocycles. The van der Waals surface area contributed by atoms with Crippen molar-refractivity contribution < 1.29 is 27.5 Å². The van der Waals surface area contributed by atoms with Gasteiger partial charge in [-0.2, -0.15) is 13.2 Å². The summed E-state index contributed by atoms with van der Waals surface area (Å²) in [7, 11) is 0.991. The molecule has 0 unspecified atom stereocenters. The lowest BCUT2D eigenvalue weighted by atomic mass is 10.0. The normalized spacial score (nSPS) is 11.1. The SMILES string of the molecule is COC(=O)c1cc(CNC(=O)CCl)ccc1C(F)(F)F. The molecule has 0 atom stereocenters. The summed E-state index contributed by atoms with van der Waals surface area (Å²) in [5, 5.41) is 2.39. The third kappa shape index (κ3) is 4.12. The zero-order valence-corrected chi connectivity index (χ0v) is 11.1. The van der Waals surface area contributed by atoms with Gasteiger partial charge in [0.05, 0.1) is 18.2 Å². The molecule has 0 saturated carbocycles. The van der Waals surface area contributed by atoms with Crippen LogP contribution in [-0.4, -0.2) is 24.9 Å². The van der Waals surface area contributed by atoms with Gasteiger partial charge in [-0.1, -0.05) is 6.07 Å². The van der Waals surface area contributed by atoms with Crippen LogP contribution in [0.2, 0.25) is 0 Å². The number of halogens is 4. The Kier molecular flexibility index (Phi) is 5.38. The number of rotatable bonds is 4. The minimum atomic E-state index is -4.67. The van der Waals surface area contributed by atoms with E-state index >= 15 is 0 Å². The summed E-state index contributed by atoms with van der Waals surface area (Å²) in [4.78, 5) is 22.4. The summed E-state index contributed by atoms with van der Waals surface area (Å²) in [5.74, 6) is -1.82. The molecule has 0 spiro atoms. The van der Waals surface area contributed by atoms with E-state index in [0.717, 1.165) is 19.2 Å². The van der Waals surface area contributed by atoms with Gasteiger partial charge in [-0.25, -0.2) is 4.79 Å². The lowest BCUT2D eigenvalue weighted by Crippen LogP contribution is -2.24. The summed E-state index contributed by atoms with van der Waals surface area (Å²) in [6.45, 7) is -0.0340. The molecule has 1 aromatic rings. The lowest BCUT2D eigenvalue weighted by Gasteiger charge is -2.13. The van der Waals surface area contributed by atoms with Gasteiger partial charge in [-0.05, 0) is 17.7 Å². The molecule has 0 aromatic heterocycles. The molecular formula is C12H11ClF3NO3. The van der Waals surface area contributed by atoms with E-state index < -0.39 is 29.2 Å². The third-order valence-electron chi connectivity index (χ3n) is 2.41. The van der Waals surface area contributed by atoms with E-state index in [1.807, 2.05) is 0 Å². The van der Waals surface area contributed by atoms with Crippen LogP contribution in [0.1, 0.15) is 21.5 Å². The predicted octanol–water partition coefficient (Wildman–Crippen LogP) is 2.35. The van der Waals surface area contributed by atoms with E-state index in [-0.39, 0.29) is 12.4 Å². The van der Waals surface area contributed by atoms with Crippen molar-refractivity contribution in [3.05, 3.63) is 34.9 Å². The molecule has 0 radical (unpaired) electrons. The zero-order valence-electron chi connectivity index (χ0n) is 10.4. The van der Waals surface area contributed by atoms with Crippen molar-refractivity contribution in [2.45, 2.75) is 12.7 Å². The first-order valence-electron chi connectivity index (χ1n) is 5.40. The number of amides is 1. The van der Waals surface area contributed by atoms with Crippen molar-refractivity contribution in [1.29, 1.82) is 0 Å². The lowest BCUT2D eigenvalue weighted by molar-refractivity contribution is -0.138. The number of alkyl halides is 4. The molecule has 1 N–H and O–H groups in total. The average molecular weight is 310 g/mol. The highest BCUT2D eigenvalue weighted by Crippen LogP contribution is 2.32. The summed E-state index contributed by atoms with van der Waals surface area (Å²) in [6, 6.07) is 2.97. The Morgan fingerprint density at radius 2 is 2.00 bits per heavy atom. The Morgan fingerprint density at radius 1 is 1.35 bits per heavy atom. The third-order valence-corrected chi connectivity index (χ3v) is 2.65. The van der Waals surface area contributed by atoms with E-state index in [1.165, 1.54) is 6.07 Å². The highest BCUT2D eigenvalue weighted by Gasteiger charge is 2.35. The minimum Gasteiger partial charge on any atom is -0.465 e. The van der Waals surface area contributed by atoms with Crippen molar-refractivity contribution in [1.82, 2.24) is 5.32 Å². The zero-order chi connectivity index (χ0) is 15.3. The Labute approximate surface area is 117 Å². The van der Waals surface area contributed by atoms with Crippen LogP contribution in [0.25, 0.3) is 0 Å². The summed E-state index contributed by atoms with van der Waals surface area (Å²) in [6.07, 6.45) is -4.67. The van der Waals surface area contributed by atoms with Crippen LogP contribution < -0.4 is 5.32 Å². The molecule has 0 saturated heterocycles. The van der Waals surface area contributed by atoms with Crippen molar-refractivity contribution in [3.8, 4) is 0 Å². The average Bonchev–Trinajstić information content (AvgIpc) is 2.42. The fourth-order valence-electron chi connectivity index (χ4n) is 1.48. The standard InChI is InChI=1S/C12H11ClF3NO3/c1-20-11(19)8-4-7(6-17-10(18)5-13)2-3-9(8)12(14,15)16/h2-4H,5-6H2,1H3,(H,17,18). The maximum Gasteiger partial charge on any atom is 0.417 e.